The monoisotopic (exact) mass is 194 g/mol. The van der Waals surface area contributed by atoms with E-state index in [1.807, 2.05) is 6.33 Å². The fraction of sp³-hybridized carbons (Fsp3) is 0.800. The molecule has 4 heteroatoms. The fourth-order valence-corrected chi connectivity index (χ4v) is 2.05. The second-order valence-corrected chi connectivity index (χ2v) is 3.95. The van der Waals surface area contributed by atoms with Gasteiger partial charge in [0.2, 0.25) is 0 Å². The lowest BCUT2D eigenvalue weighted by molar-refractivity contribution is 0.329. The number of hydrogen-bond donors (Lipinski definition) is 1. The fourth-order valence-electron chi connectivity index (χ4n) is 2.05. The molecule has 0 saturated carbocycles. The Balaban J connectivity index is 1.95. The highest BCUT2D eigenvalue weighted by Crippen LogP contribution is 2.14. The molecule has 78 valence electrons. The summed E-state index contributed by atoms with van der Waals surface area (Å²) in [6, 6.07) is 0. The van der Waals surface area contributed by atoms with Crippen molar-refractivity contribution in [2.45, 2.75) is 32.7 Å². The van der Waals surface area contributed by atoms with Gasteiger partial charge in [0.15, 0.2) is 0 Å². The molecule has 4 nitrogen and oxygen atoms in total. The van der Waals surface area contributed by atoms with Crippen molar-refractivity contribution in [2.24, 2.45) is 5.92 Å². The third kappa shape index (κ3) is 2.12. The summed E-state index contributed by atoms with van der Waals surface area (Å²) in [5.41, 5.74) is 0. The Bertz CT molecular complexity index is 275. The first-order valence-electron chi connectivity index (χ1n) is 5.47. The number of hydrogen-bond acceptors (Lipinski definition) is 3. The van der Waals surface area contributed by atoms with Gasteiger partial charge in [-0.2, -0.15) is 0 Å². The SMILES string of the molecule is CCc1nncn1CC1CCNCC1. The van der Waals surface area contributed by atoms with E-state index in [9.17, 15) is 0 Å². The molecule has 0 radical (unpaired) electrons. The first-order valence-corrected chi connectivity index (χ1v) is 5.47. The zero-order valence-corrected chi connectivity index (χ0v) is 8.74. The summed E-state index contributed by atoms with van der Waals surface area (Å²) in [5, 5.41) is 11.4. The van der Waals surface area contributed by atoms with E-state index in [-0.39, 0.29) is 0 Å². The second-order valence-electron chi connectivity index (χ2n) is 3.95. The predicted molar refractivity (Wildman–Crippen MR) is 55.0 cm³/mol. The first kappa shape index (κ1) is 9.65. The molecule has 2 heterocycles. The van der Waals surface area contributed by atoms with Crippen molar-refractivity contribution in [3.63, 3.8) is 0 Å². The van der Waals surface area contributed by atoms with Gasteiger partial charge >= 0.3 is 0 Å². The smallest absolute Gasteiger partial charge is 0.132 e. The van der Waals surface area contributed by atoms with Crippen molar-refractivity contribution < 1.29 is 0 Å². The molecule has 14 heavy (non-hydrogen) atoms. The van der Waals surface area contributed by atoms with Gasteiger partial charge in [0.05, 0.1) is 0 Å². The van der Waals surface area contributed by atoms with Crippen molar-refractivity contribution in [1.82, 2.24) is 20.1 Å². The van der Waals surface area contributed by atoms with E-state index in [1.54, 1.807) is 0 Å². The van der Waals surface area contributed by atoms with Crippen LogP contribution in [-0.2, 0) is 13.0 Å². The van der Waals surface area contributed by atoms with Crippen LogP contribution in [0.15, 0.2) is 6.33 Å². The lowest BCUT2D eigenvalue weighted by atomic mass is 9.98. The molecule has 0 amide bonds. The van der Waals surface area contributed by atoms with Crippen LogP contribution in [0.3, 0.4) is 0 Å². The van der Waals surface area contributed by atoms with Gasteiger partial charge in [0, 0.05) is 13.0 Å². The average molecular weight is 194 g/mol. The van der Waals surface area contributed by atoms with Crippen LogP contribution in [0.5, 0.6) is 0 Å². The predicted octanol–water partition coefficient (Wildman–Crippen LogP) is 0.840. The number of rotatable bonds is 3. The molecule has 0 aromatic carbocycles. The molecule has 1 aliphatic heterocycles. The van der Waals surface area contributed by atoms with Crippen LogP contribution >= 0.6 is 0 Å². The largest absolute Gasteiger partial charge is 0.317 e. The quantitative estimate of drug-likeness (QED) is 0.775. The van der Waals surface area contributed by atoms with E-state index in [4.69, 9.17) is 0 Å². The molecule has 2 rings (SSSR count). The molecular formula is C10H18N4. The van der Waals surface area contributed by atoms with E-state index in [0.29, 0.717) is 0 Å². The Hall–Kier alpha value is -0.900. The third-order valence-electron chi connectivity index (χ3n) is 2.93. The molecule has 1 aromatic heterocycles. The highest BCUT2D eigenvalue weighted by Gasteiger charge is 2.14. The molecule has 1 aromatic rings. The standard InChI is InChI=1S/C10H18N4/c1-2-10-13-12-8-14(10)7-9-3-5-11-6-4-9/h8-9,11H,2-7H2,1H3. The van der Waals surface area contributed by atoms with Crippen molar-refractivity contribution in [2.75, 3.05) is 13.1 Å². The maximum absolute atomic E-state index is 4.10. The minimum absolute atomic E-state index is 0.803. The van der Waals surface area contributed by atoms with Crippen molar-refractivity contribution in [3.8, 4) is 0 Å². The van der Waals surface area contributed by atoms with E-state index in [0.717, 1.165) is 37.8 Å². The number of piperidine rings is 1. The molecular weight excluding hydrogens is 176 g/mol. The maximum Gasteiger partial charge on any atom is 0.132 e. The minimum Gasteiger partial charge on any atom is -0.317 e. The molecule has 1 fully saturated rings. The normalized spacial score (nSPS) is 18.6. The van der Waals surface area contributed by atoms with Crippen molar-refractivity contribution in [3.05, 3.63) is 12.2 Å². The molecule has 0 bridgehead atoms. The lowest BCUT2D eigenvalue weighted by Crippen LogP contribution is -2.30. The van der Waals surface area contributed by atoms with Gasteiger partial charge in [-0.3, -0.25) is 0 Å². The van der Waals surface area contributed by atoms with E-state index in [2.05, 4.69) is 27.0 Å². The molecule has 0 unspecified atom stereocenters. The molecule has 1 N–H and O–H groups in total. The van der Waals surface area contributed by atoms with Gasteiger partial charge in [0.25, 0.3) is 0 Å². The van der Waals surface area contributed by atoms with Crippen LogP contribution in [0.4, 0.5) is 0 Å². The van der Waals surface area contributed by atoms with Gasteiger partial charge < -0.3 is 9.88 Å². The minimum atomic E-state index is 0.803. The summed E-state index contributed by atoms with van der Waals surface area (Å²) >= 11 is 0. The molecule has 0 aliphatic carbocycles. The van der Waals surface area contributed by atoms with E-state index in [1.165, 1.54) is 12.8 Å². The van der Waals surface area contributed by atoms with Crippen LogP contribution in [0.25, 0.3) is 0 Å². The highest BCUT2D eigenvalue weighted by molar-refractivity contribution is 4.85. The summed E-state index contributed by atoms with van der Waals surface area (Å²) in [6.07, 6.45) is 5.40. The zero-order valence-electron chi connectivity index (χ0n) is 8.74. The highest BCUT2D eigenvalue weighted by atomic mass is 15.3. The molecule has 1 aliphatic rings. The van der Waals surface area contributed by atoms with Crippen LogP contribution in [0, 0.1) is 5.92 Å². The Labute approximate surface area is 84.7 Å². The van der Waals surface area contributed by atoms with Gasteiger partial charge in [0.1, 0.15) is 12.2 Å². The average Bonchev–Trinajstić information content (AvgIpc) is 2.67. The number of nitrogens with zero attached hydrogens (tertiary/aromatic N) is 3. The van der Waals surface area contributed by atoms with Gasteiger partial charge in [-0.05, 0) is 31.8 Å². The van der Waals surface area contributed by atoms with Crippen molar-refractivity contribution >= 4 is 0 Å². The molecule has 1 saturated heterocycles. The lowest BCUT2D eigenvalue weighted by Gasteiger charge is -2.23. The second kappa shape index (κ2) is 4.55. The summed E-state index contributed by atoms with van der Waals surface area (Å²) in [5.74, 6) is 1.92. The number of aromatic nitrogens is 3. The van der Waals surface area contributed by atoms with Gasteiger partial charge in [-0.1, -0.05) is 6.92 Å². The van der Waals surface area contributed by atoms with Crippen molar-refractivity contribution in [1.29, 1.82) is 0 Å². The van der Waals surface area contributed by atoms with Crippen LogP contribution < -0.4 is 5.32 Å². The van der Waals surface area contributed by atoms with Gasteiger partial charge in [-0.15, -0.1) is 10.2 Å². The Kier molecular flexibility index (Phi) is 3.14. The molecule has 0 spiro atoms. The number of aryl methyl sites for hydroxylation is 1. The summed E-state index contributed by atoms with van der Waals surface area (Å²) in [6.45, 7) is 5.54. The first-order chi connectivity index (χ1) is 6.90. The van der Waals surface area contributed by atoms with Crippen LogP contribution in [-0.4, -0.2) is 27.9 Å². The zero-order chi connectivity index (χ0) is 9.80. The topological polar surface area (TPSA) is 42.7 Å². The van der Waals surface area contributed by atoms with Crippen LogP contribution in [0.1, 0.15) is 25.6 Å². The third-order valence-corrected chi connectivity index (χ3v) is 2.93. The summed E-state index contributed by atoms with van der Waals surface area (Å²) in [4.78, 5) is 0. The Morgan fingerprint density at radius 1 is 1.50 bits per heavy atom. The summed E-state index contributed by atoms with van der Waals surface area (Å²) in [7, 11) is 0. The van der Waals surface area contributed by atoms with E-state index >= 15 is 0 Å². The Morgan fingerprint density at radius 2 is 2.29 bits per heavy atom. The van der Waals surface area contributed by atoms with Crippen LogP contribution in [0.2, 0.25) is 0 Å². The maximum atomic E-state index is 4.10. The molecule has 0 atom stereocenters. The summed E-state index contributed by atoms with van der Waals surface area (Å²) < 4.78 is 2.20. The van der Waals surface area contributed by atoms with E-state index < -0.39 is 0 Å². The number of nitrogens with one attached hydrogen (secondary N) is 1. The van der Waals surface area contributed by atoms with Gasteiger partial charge in [-0.25, -0.2) is 0 Å². The Morgan fingerprint density at radius 3 is 3.00 bits per heavy atom.